The fourth-order valence-corrected chi connectivity index (χ4v) is 3.46. The smallest absolute Gasteiger partial charge is 0.433 e. The molecule has 0 aliphatic rings. The third-order valence-electron chi connectivity index (χ3n) is 3.80. The van der Waals surface area contributed by atoms with Crippen LogP contribution in [0, 0.1) is 20.8 Å². The van der Waals surface area contributed by atoms with Crippen molar-refractivity contribution in [3.05, 3.63) is 52.3 Å². The standard InChI is InChI=1S/C16H15F3N2O4S/c1-8-6-11(7-12(9(8)2)15(22)23)26(24,25)21-13-4-5-14(16(17,18)19)20-10(13)3/h4-7,21H,1-3H3,(H,22,23). The summed E-state index contributed by atoms with van der Waals surface area (Å²) in [6.45, 7) is 4.34. The molecule has 0 saturated heterocycles. The number of aryl methyl sites for hydroxylation is 2. The monoisotopic (exact) mass is 388 g/mol. The van der Waals surface area contributed by atoms with Crippen molar-refractivity contribution in [2.24, 2.45) is 0 Å². The molecule has 0 amide bonds. The van der Waals surface area contributed by atoms with Gasteiger partial charge in [0.25, 0.3) is 10.0 Å². The van der Waals surface area contributed by atoms with Crippen LogP contribution in [0.1, 0.15) is 32.9 Å². The van der Waals surface area contributed by atoms with Gasteiger partial charge in [-0.1, -0.05) is 0 Å². The van der Waals surface area contributed by atoms with Crippen molar-refractivity contribution in [1.82, 2.24) is 4.98 Å². The van der Waals surface area contributed by atoms with Crippen molar-refractivity contribution in [3.8, 4) is 0 Å². The quantitative estimate of drug-likeness (QED) is 0.835. The number of nitrogens with zero attached hydrogens (tertiary/aromatic N) is 1. The Balaban J connectivity index is 2.46. The number of carboxylic acids is 1. The minimum atomic E-state index is -4.65. The molecule has 0 bridgehead atoms. The molecule has 0 spiro atoms. The van der Waals surface area contributed by atoms with E-state index in [2.05, 4.69) is 9.71 Å². The largest absolute Gasteiger partial charge is 0.478 e. The van der Waals surface area contributed by atoms with Crippen LogP contribution in [0.3, 0.4) is 0 Å². The maximum atomic E-state index is 12.6. The Bertz CT molecular complexity index is 986. The average Bonchev–Trinajstić information content (AvgIpc) is 2.50. The number of halogens is 3. The van der Waals surface area contributed by atoms with Gasteiger partial charge in [-0.2, -0.15) is 13.2 Å². The zero-order valence-corrected chi connectivity index (χ0v) is 14.8. The summed E-state index contributed by atoms with van der Waals surface area (Å²) in [6, 6.07) is 3.91. The minimum absolute atomic E-state index is 0.131. The number of hydrogen-bond acceptors (Lipinski definition) is 4. The number of anilines is 1. The van der Waals surface area contributed by atoms with E-state index in [4.69, 9.17) is 0 Å². The summed E-state index contributed by atoms with van der Waals surface area (Å²) in [6.07, 6.45) is -4.65. The van der Waals surface area contributed by atoms with Crippen molar-refractivity contribution < 1.29 is 31.5 Å². The van der Waals surface area contributed by atoms with E-state index in [-0.39, 0.29) is 21.8 Å². The Morgan fingerprint density at radius 3 is 2.27 bits per heavy atom. The van der Waals surface area contributed by atoms with Crippen LogP contribution in [0.15, 0.2) is 29.2 Å². The molecule has 26 heavy (non-hydrogen) atoms. The van der Waals surface area contributed by atoms with Crippen LogP contribution in [-0.2, 0) is 16.2 Å². The van der Waals surface area contributed by atoms with E-state index in [1.165, 1.54) is 13.0 Å². The van der Waals surface area contributed by atoms with Crippen LogP contribution in [0.5, 0.6) is 0 Å². The first-order chi connectivity index (χ1) is 11.8. The van der Waals surface area contributed by atoms with Crippen molar-refractivity contribution in [2.75, 3.05) is 4.72 Å². The molecular formula is C16H15F3N2O4S. The highest BCUT2D eigenvalue weighted by molar-refractivity contribution is 7.92. The van der Waals surface area contributed by atoms with Crippen molar-refractivity contribution in [3.63, 3.8) is 0 Å². The lowest BCUT2D eigenvalue weighted by atomic mass is 10.0. The molecule has 1 heterocycles. The van der Waals surface area contributed by atoms with Crippen LogP contribution >= 0.6 is 0 Å². The molecule has 0 saturated carbocycles. The van der Waals surface area contributed by atoms with Crippen molar-refractivity contribution in [1.29, 1.82) is 0 Å². The van der Waals surface area contributed by atoms with E-state index in [1.807, 2.05) is 0 Å². The number of rotatable bonds is 4. The van der Waals surface area contributed by atoms with Crippen LogP contribution < -0.4 is 4.72 Å². The lowest BCUT2D eigenvalue weighted by molar-refractivity contribution is -0.141. The van der Waals surface area contributed by atoms with Crippen LogP contribution in [0.25, 0.3) is 0 Å². The first-order valence-electron chi connectivity index (χ1n) is 7.25. The maximum Gasteiger partial charge on any atom is 0.433 e. The Labute approximate surface area is 147 Å². The molecule has 1 aromatic heterocycles. The second kappa shape index (κ2) is 6.60. The molecule has 0 atom stereocenters. The summed E-state index contributed by atoms with van der Waals surface area (Å²) in [7, 11) is -4.21. The predicted molar refractivity (Wildman–Crippen MR) is 87.7 cm³/mol. The summed E-state index contributed by atoms with van der Waals surface area (Å²) < 4.78 is 65.1. The summed E-state index contributed by atoms with van der Waals surface area (Å²) in [4.78, 5) is 14.3. The van der Waals surface area contributed by atoms with Crippen LogP contribution in [0.2, 0.25) is 0 Å². The zero-order valence-electron chi connectivity index (χ0n) is 14.0. The van der Waals surface area contributed by atoms with Gasteiger partial charge in [0.05, 0.1) is 21.8 Å². The normalized spacial score (nSPS) is 12.1. The number of pyridine rings is 1. The van der Waals surface area contributed by atoms with Crippen LogP contribution in [0.4, 0.5) is 18.9 Å². The lowest BCUT2D eigenvalue weighted by Gasteiger charge is -2.14. The van der Waals surface area contributed by atoms with Crippen molar-refractivity contribution >= 4 is 21.7 Å². The first-order valence-corrected chi connectivity index (χ1v) is 8.73. The van der Waals surface area contributed by atoms with E-state index in [0.29, 0.717) is 17.2 Å². The summed E-state index contributed by atoms with van der Waals surface area (Å²) in [5.41, 5.74) is -0.736. The zero-order chi connectivity index (χ0) is 19.9. The number of carbonyl (C=O) groups is 1. The second-order valence-electron chi connectivity index (χ2n) is 5.65. The average molecular weight is 388 g/mol. The minimum Gasteiger partial charge on any atom is -0.478 e. The van der Waals surface area contributed by atoms with Gasteiger partial charge in [-0.3, -0.25) is 4.72 Å². The fourth-order valence-electron chi connectivity index (χ4n) is 2.23. The number of nitrogens with one attached hydrogen (secondary N) is 1. The topological polar surface area (TPSA) is 96.4 Å². The summed E-state index contributed by atoms with van der Waals surface area (Å²) in [5.74, 6) is -1.28. The molecule has 0 aliphatic heterocycles. The van der Waals surface area contributed by atoms with Gasteiger partial charge in [0, 0.05) is 0 Å². The molecule has 2 rings (SSSR count). The molecule has 0 unspecified atom stereocenters. The highest BCUT2D eigenvalue weighted by Crippen LogP contribution is 2.30. The fraction of sp³-hybridized carbons (Fsp3) is 0.250. The highest BCUT2D eigenvalue weighted by atomic mass is 32.2. The molecule has 6 nitrogen and oxygen atoms in total. The number of aromatic carboxylic acids is 1. The molecule has 1 aromatic carbocycles. The summed E-state index contributed by atoms with van der Waals surface area (Å²) >= 11 is 0. The Kier molecular flexibility index (Phi) is 5.00. The van der Waals surface area contributed by atoms with Gasteiger partial charge >= 0.3 is 12.1 Å². The number of hydrogen-bond donors (Lipinski definition) is 2. The Morgan fingerprint density at radius 2 is 1.77 bits per heavy atom. The lowest BCUT2D eigenvalue weighted by Crippen LogP contribution is -2.17. The molecule has 140 valence electrons. The SMILES string of the molecule is Cc1cc(S(=O)(=O)Nc2ccc(C(F)(F)F)nc2C)cc(C(=O)O)c1C. The van der Waals surface area contributed by atoms with Gasteiger partial charge in [0.1, 0.15) is 5.69 Å². The van der Waals surface area contributed by atoms with Gasteiger partial charge in [-0.15, -0.1) is 0 Å². The first kappa shape index (κ1) is 19.7. The molecule has 0 radical (unpaired) electrons. The second-order valence-corrected chi connectivity index (χ2v) is 7.33. The van der Waals surface area contributed by atoms with E-state index in [9.17, 15) is 31.5 Å². The molecule has 0 fully saturated rings. The third kappa shape index (κ3) is 3.96. The predicted octanol–water partition coefficient (Wildman–Crippen LogP) is 3.52. The number of aromatic nitrogens is 1. The number of alkyl halides is 3. The van der Waals surface area contributed by atoms with E-state index >= 15 is 0 Å². The van der Waals surface area contributed by atoms with Gasteiger partial charge in [-0.25, -0.2) is 18.2 Å². The van der Waals surface area contributed by atoms with E-state index in [0.717, 1.165) is 12.1 Å². The molecule has 0 aliphatic carbocycles. The van der Waals surface area contributed by atoms with E-state index in [1.54, 1.807) is 13.8 Å². The number of sulfonamides is 1. The molecule has 10 heteroatoms. The molecule has 2 aromatic rings. The highest BCUT2D eigenvalue weighted by Gasteiger charge is 2.33. The Morgan fingerprint density at radius 1 is 1.15 bits per heavy atom. The number of carboxylic acid groups (broad SMARTS) is 1. The van der Waals surface area contributed by atoms with Crippen LogP contribution in [-0.4, -0.2) is 24.5 Å². The number of benzene rings is 1. The van der Waals surface area contributed by atoms with Gasteiger partial charge < -0.3 is 5.11 Å². The molecule has 2 N–H and O–H groups in total. The van der Waals surface area contributed by atoms with Gasteiger partial charge in [-0.05, 0) is 56.2 Å². The molecular weight excluding hydrogens is 373 g/mol. The van der Waals surface area contributed by atoms with Gasteiger partial charge in [0.2, 0.25) is 0 Å². The maximum absolute atomic E-state index is 12.6. The summed E-state index contributed by atoms with van der Waals surface area (Å²) in [5, 5.41) is 9.19. The Hall–Kier alpha value is -2.62. The third-order valence-corrected chi connectivity index (χ3v) is 5.15. The van der Waals surface area contributed by atoms with Crippen molar-refractivity contribution in [2.45, 2.75) is 31.8 Å². The van der Waals surface area contributed by atoms with Gasteiger partial charge in [0.15, 0.2) is 0 Å². The van der Waals surface area contributed by atoms with E-state index < -0.39 is 27.9 Å².